The van der Waals surface area contributed by atoms with Crippen molar-refractivity contribution >= 4 is 17.5 Å². The first-order valence-electron chi connectivity index (χ1n) is 9.37. The summed E-state index contributed by atoms with van der Waals surface area (Å²) in [7, 11) is 0. The van der Waals surface area contributed by atoms with E-state index in [4.69, 9.17) is 21.4 Å². The molecule has 0 spiro atoms. The Kier molecular flexibility index (Phi) is 5.09. The normalized spacial score (nSPS) is 13.4. The number of hydrogen-bond acceptors (Lipinski definition) is 3. The van der Waals surface area contributed by atoms with Crippen molar-refractivity contribution in [1.29, 1.82) is 0 Å². The average molecular weight is 396 g/mol. The summed E-state index contributed by atoms with van der Waals surface area (Å²) in [6.07, 6.45) is 2.10. The van der Waals surface area contributed by atoms with Gasteiger partial charge in [0, 0.05) is 18.0 Å². The van der Waals surface area contributed by atoms with Crippen LogP contribution in [-0.2, 0) is 11.3 Å². The fourth-order valence-corrected chi connectivity index (χ4v) is 3.45. The number of nitrogens with zero attached hydrogens (tertiary/aromatic N) is 3. The molecular formula is C22H22ClN3O2. The molecule has 28 heavy (non-hydrogen) atoms. The Morgan fingerprint density at radius 3 is 2.61 bits per heavy atom. The lowest BCUT2D eigenvalue weighted by Gasteiger charge is -2.21. The Balaban J connectivity index is 1.79. The SMILES string of the molecule is CC(=O)N(Cc1c(C)nn(-c2cccc(Cl)c2)c1Oc1ccccc1)C1CC1. The minimum absolute atomic E-state index is 0.0723. The van der Waals surface area contributed by atoms with E-state index in [-0.39, 0.29) is 5.91 Å². The number of amides is 1. The zero-order valence-corrected chi connectivity index (χ0v) is 16.7. The standard InChI is InChI=1S/C22H22ClN3O2/c1-15-21(14-25(16(2)27)18-11-12-18)22(28-20-9-4-3-5-10-20)26(24-15)19-8-6-7-17(23)13-19/h3-10,13,18H,11-12,14H2,1-2H3. The smallest absolute Gasteiger partial charge is 0.227 e. The van der Waals surface area contributed by atoms with E-state index < -0.39 is 0 Å². The van der Waals surface area contributed by atoms with E-state index in [9.17, 15) is 4.79 Å². The number of hydrogen-bond donors (Lipinski definition) is 0. The predicted molar refractivity (Wildman–Crippen MR) is 109 cm³/mol. The van der Waals surface area contributed by atoms with Crippen LogP contribution in [0.4, 0.5) is 0 Å². The number of aromatic nitrogens is 2. The molecule has 1 fully saturated rings. The molecule has 1 amide bonds. The molecule has 0 bridgehead atoms. The maximum atomic E-state index is 12.2. The second-order valence-electron chi connectivity index (χ2n) is 7.05. The number of carbonyl (C=O) groups excluding carboxylic acids is 1. The lowest BCUT2D eigenvalue weighted by Crippen LogP contribution is -2.30. The monoisotopic (exact) mass is 395 g/mol. The van der Waals surface area contributed by atoms with Gasteiger partial charge in [-0.2, -0.15) is 5.10 Å². The van der Waals surface area contributed by atoms with Gasteiger partial charge in [-0.3, -0.25) is 4.79 Å². The molecular weight excluding hydrogens is 374 g/mol. The van der Waals surface area contributed by atoms with Crippen molar-refractivity contribution in [3.63, 3.8) is 0 Å². The van der Waals surface area contributed by atoms with Crippen molar-refractivity contribution in [2.45, 2.75) is 39.3 Å². The van der Waals surface area contributed by atoms with Crippen LogP contribution in [0.3, 0.4) is 0 Å². The van der Waals surface area contributed by atoms with Gasteiger partial charge in [0.1, 0.15) is 5.75 Å². The van der Waals surface area contributed by atoms with Crippen molar-refractivity contribution in [2.24, 2.45) is 0 Å². The van der Waals surface area contributed by atoms with E-state index in [0.29, 0.717) is 29.2 Å². The molecule has 6 heteroatoms. The fraction of sp³-hybridized carbons (Fsp3) is 0.273. The van der Waals surface area contributed by atoms with Crippen molar-refractivity contribution in [1.82, 2.24) is 14.7 Å². The third-order valence-corrected chi connectivity index (χ3v) is 5.10. The van der Waals surface area contributed by atoms with Crippen LogP contribution in [-0.4, -0.2) is 26.6 Å². The largest absolute Gasteiger partial charge is 0.439 e. The van der Waals surface area contributed by atoms with E-state index in [1.54, 1.807) is 11.6 Å². The molecule has 0 saturated heterocycles. The maximum absolute atomic E-state index is 12.2. The first-order chi connectivity index (χ1) is 13.5. The second kappa shape index (κ2) is 7.68. The zero-order chi connectivity index (χ0) is 19.7. The number of ether oxygens (including phenoxy) is 1. The highest BCUT2D eigenvalue weighted by Crippen LogP contribution is 2.35. The van der Waals surface area contributed by atoms with E-state index >= 15 is 0 Å². The van der Waals surface area contributed by atoms with Crippen LogP contribution >= 0.6 is 11.6 Å². The van der Waals surface area contributed by atoms with Crippen molar-refractivity contribution < 1.29 is 9.53 Å². The lowest BCUT2D eigenvalue weighted by atomic mass is 10.2. The van der Waals surface area contributed by atoms with E-state index in [1.807, 2.05) is 66.4 Å². The van der Waals surface area contributed by atoms with E-state index in [0.717, 1.165) is 29.8 Å². The Morgan fingerprint density at radius 2 is 1.96 bits per heavy atom. The van der Waals surface area contributed by atoms with Gasteiger partial charge in [-0.1, -0.05) is 35.9 Å². The molecule has 0 radical (unpaired) electrons. The number of aryl methyl sites for hydroxylation is 1. The van der Waals surface area contributed by atoms with Crippen LogP contribution in [0.1, 0.15) is 31.0 Å². The lowest BCUT2D eigenvalue weighted by molar-refractivity contribution is -0.130. The highest BCUT2D eigenvalue weighted by atomic mass is 35.5. The maximum Gasteiger partial charge on any atom is 0.227 e. The quantitative estimate of drug-likeness (QED) is 0.580. The fourth-order valence-electron chi connectivity index (χ4n) is 3.26. The summed E-state index contributed by atoms with van der Waals surface area (Å²) in [4.78, 5) is 14.1. The van der Waals surface area contributed by atoms with Gasteiger partial charge in [-0.05, 0) is 50.1 Å². The van der Waals surface area contributed by atoms with Gasteiger partial charge in [-0.15, -0.1) is 0 Å². The van der Waals surface area contributed by atoms with Gasteiger partial charge in [0.25, 0.3) is 0 Å². The molecule has 1 heterocycles. The van der Waals surface area contributed by atoms with Crippen LogP contribution in [0.25, 0.3) is 5.69 Å². The third-order valence-electron chi connectivity index (χ3n) is 4.87. The number of benzene rings is 2. The summed E-state index contributed by atoms with van der Waals surface area (Å²) in [5.74, 6) is 1.40. The minimum Gasteiger partial charge on any atom is -0.439 e. The van der Waals surface area contributed by atoms with E-state index in [2.05, 4.69) is 0 Å². The average Bonchev–Trinajstić information content (AvgIpc) is 3.46. The molecule has 0 unspecified atom stereocenters. The van der Waals surface area contributed by atoms with Gasteiger partial charge >= 0.3 is 0 Å². The molecule has 144 valence electrons. The highest BCUT2D eigenvalue weighted by Gasteiger charge is 2.33. The van der Waals surface area contributed by atoms with E-state index in [1.165, 1.54) is 0 Å². The zero-order valence-electron chi connectivity index (χ0n) is 15.9. The Labute approximate surface area is 169 Å². The summed E-state index contributed by atoms with van der Waals surface area (Å²) >= 11 is 6.19. The Bertz CT molecular complexity index is 996. The third kappa shape index (κ3) is 3.90. The molecule has 1 aliphatic carbocycles. The molecule has 2 aromatic carbocycles. The van der Waals surface area contributed by atoms with Crippen LogP contribution in [0, 0.1) is 6.92 Å². The van der Waals surface area contributed by atoms with Gasteiger partial charge in [0.05, 0.1) is 23.5 Å². The molecule has 0 N–H and O–H groups in total. The second-order valence-corrected chi connectivity index (χ2v) is 7.49. The molecule has 0 atom stereocenters. The van der Waals surface area contributed by atoms with Crippen molar-refractivity contribution in [3.05, 3.63) is 70.9 Å². The van der Waals surface area contributed by atoms with Crippen molar-refractivity contribution in [3.8, 4) is 17.3 Å². The highest BCUT2D eigenvalue weighted by molar-refractivity contribution is 6.30. The topological polar surface area (TPSA) is 47.4 Å². The van der Waals surface area contributed by atoms with Crippen molar-refractivity contribution in [2.75, 3.05) is 0 Å². The number of rotatable bonds is 6. The molecule has 0 aliphatic heterocycles. The summed E-state index contributed by atoms with van der Waals surface area (Å²) < 4.78 is 8.01. The number of carbonyl (C=O) groups is 1. The van der Waals surface area contributed by atoms with Gasteiger partial charge < -0.3 is 9.64 Å². The summed E-state index contributed by atoms with van der Waals surface area (Å²) in [6.45, 7) is 4.04. The summed E-state index contributed by atoms with van der Waals surface area (Å²) in [5.41, 5.74) is 2.55. The number of para-hydroxylation sites is 1. The molecule has 1 aliphatic rings. The number of halogens is 1. The van der Waals surface area contributed by atoms with Crippen LogP contribution in [0.5, 0.6) is 11.6 Å². The predicted octanol–water partition coefficient (Wildman–Crippen LogP) is 5.14. The molecule has 1 saturated carbocycles. The van der Waals surface area contributed by atoms with Crippen LogP contribution < -0.4 is 4.74 Å². The molecule has 3 aromatic rings. The van der Waals surface area contributed by atoms with Gasteiger partial charge in [0.15, 0.2) is 0 Å². The summed E-state index contributed by atoms with van der Waals surface area (Å²) in [6, 6.07) is 17.4. The first-order valence-corrected chi connectivity index (χ1v) is 9.75. The van der Waals surface area contributed by atoms with Crippen LogP contribution in [0.2, 0.25) is 5.02 Å². The summed E-state index contributed by atoms with van der Waals surface area (Å²) in [5, 5.41) is 5.33. The Hall–Kier alpha value is -2.79. The molecule has 4 rings (SSSR count). The minimum atomic E-state index is 0.0723. The molecule has 1 aromatic heterocycles. The van der Waals surface area contributed by atoms with Gasteiger partial charge in [-0.25, -0.2) is 4.68 Å². The van der Waals surface area contributed by atoms with Crippen LogP contribution in [0.15, 0.2) is 54.6 Å². The first kappa shape index (κ1) is 18.6. The Morgan fingerprint density at radius 1 is 1.21 bits per heavy atom. The molecule has 5 nitrogen and oxygen atoms in total. The van der Waals surface area contributed by atoms with Gasteiger partial charge in [0.2, 0.25) is 11.8 Å².